The summed E-state index contributed by atoms with van der Waals surface area (Å²) in [5.41, 5.74) is 3.15. The predicted octanol–water partition coefficient (Wildman–Crippen LogP) is 5.15. The van der Waals surface area contributed by atoms with Gasteiger partial charge in [-0.2, -0.15) is 0 Å². The van der Waals surface area contributed by atoms with Crippen molar-refractivity contribution < 1.29 is 9.18 Å². The molecule has 0 bridgehead atoms. The van der Waals surface area contributed by atoms with E-state index in [-0.39, 0.29) is 11.7 Å². The largest absolute Gasteiger partial charge is 0.377 e. The van der Waals surface area contributed by atoms with Crippen molar-refractivity contribution >= 4 is 28.3 Å². The van der Waals surface area contributed by atoms with Gasteiger partial charge in [-0.1, -0.05) is 18.2 Å². The number of carbonyl (C=O) groups is 1. The van der Waals surface area contributed by atoms with Gasteiger partial charge in [0.05, 0.1) is 5.52 Å². The number of benzene rings is 2. The van der Waals surface area contributed by atoms with E-state index in [4.69, 9.17) is 4.98 Å². The van der Waals surface area contributed by atoms with E-state index in [0.717, 1.165) is 48.1 Å². The van der Waals surface area contributed by atoms with Crippen LogP contribution in [0.4, 0.5) is 15.9 Å². The number of nitrogens with one attached hydrogen (secondary N) is 2. The summed E-state index contributed by atoms with van der Waals surface area (Å²) in [6.45, 7) is 2.33. The Balaban J connectivity index is 1.31. The highest BCUT2D eigenvalue weighted by Crippen LogP contribution is 2.30. The van der Waals surface area contributed by atoms with Crippen molar-refractivity contribution in [2.45, 2.75) is 38.6 Å². The molecule has 1 amide bonds. The molecule has 5 nitrogen and oxygen atoms in total. The number of pyridine rings is 1. The molecule has 0 atom stereocenters. The fourth-order valence-corrected chi connectivity index (χ4v) is 4.45. The quantitative estimate of drug-likeness (QED) is 0.563. The van der Waals surface area contributed by atoms with Crippen molar-refractivity contribution in [2.75, 3.05) is 30.9 Å². The zero-order valence-electron chi connectivity index (χ0n) is 19.0. The first-order valence-electron chi connectivity index (χ1n) is 11.3. The van der Waals surface area contributed by atoms with Crippen LogP contribution in [0.15, 0.2) is 48.5 Å². The molecule has 1 fully saturated rings. The minimum Gasteiger partial charge on any atom is -0.377 e. The van der Waals surface area contributed by atoms with Crippen molar-refractivity contribution in [1.82, 2.24) is 10.3 Å². The number of aromatic nitrogens is 1. The predicted molar refractivity (Wildman–Crippen MR) is 129 cm³/mol. The van der Waals surface area contributed by atoms with Gasteiger partial charge in [-0.3, -0.25) is 4.79 Å². The van der Waals surface area contributed by atoms with E-state index in [1.54, 1.807) is 13.0 Å². The fraction of sp³-hybridized carbons (Fsp3) is 0.385. The number of nitrogens with zero attached hydrogens (tertiary/aromatic N) is 2. The van der Waals surface area contributed by atoms with Crippen LogP contribution in [-0.4, -0.2) is 37.6 Å². The number of hydrogen-bond acceptors (Lipinski definition) is 4. The van der Waals surface area contributed by atoms with E-state index in [9.17, 15) is 9.18 Å². The molecule has 0 unspecified atom stereocenters. The molecule has 2 N–H and O–H groups in total. The van der Waals surface area contributed by atoms with Crippen molar-refractivity contribution in [3.05, 3.63) is 65.5 Å². The maximum Gasteiger partial charge on any atom is 0.251 e. The number of aryl methyl sites for hydroxylation is 1. The molecule has 6 heteroatoms. The Morgan fingerprint density at radius 1 is 1.09 bits per heavy atom. The van der Waals surface area contributed by atoms with Crippen molar-refractivity contribution in [1.29, 1.82) is 0 Å². The van der Waals surface area contributed by atoms with Crippen LogP contribution in [0.5, 0.6) is 0 Å². The standard InChI is InChI=1S/C26H31FN4O/c1-17-14-19(10-13-22(17)27)26(32)28-16-18-8-11-20(12-9-18)29-25-15-24(31(2)3)21-6-4-5-7-23(21)30-25/h4-7,10,13-15,18,20H,8-9,11-12,16H2,1-3H3,(H,28,32)(H,29,30). The third-order valence-electron chi connectivity index (χ3n) is 6.35. The molecule has 1 aliphatic carbocycles. The van der Waals surface area contributed by atoms with Crippen LogP contribution >= 0.6 is 0 Å². The minimum atomic E-state index is -0.286. The van der Waals surface area contributed by atoms with E-state index in [2.05, 4.69) is 47.8 Å². The van der Waals surface area contributed by atoms with Crippen molar-refractivity contribution in [3.63, 3.8) is 0 Å². The van der Waals surface area contributed by atoms with Crippen molar-refractivity contribution in [2.24, 2.45) is 5.92 Å². The smallest absolute Gasteiger partial charge is 0.251 e. The number of amides is 1. The normalized spacial score (nSPS) is 18.4. The summed E-state index contributed by atoms with van der Waals surface area (Å²) in [4.78, 5) is 19.3. The molecule has 4 rings (SSSR count). The minimum absolute atomic E-state index is 0.134. The highest BCUT2D eigenvalue weighted by Gasteiger charge is 2.22. The number of hydrogen-bond donors (Lipinski definition) is 2. The zero-order chi connectivity index (χ0) is 22.7. The first kappa shape index (κ1) is 22.1. The molecular weight excluding hydrogens is 403 g/mol. The van der Waals surface area contributed by atoms with Crippen LogP contribution < -0.4 is 15.5 Å². The molecule has 0 spiro atoms. The molecule has 3 aromatic rings. The van der Waals surface area contributed by atoms with Crippen LogP contribution in [0.25, 0.3) is 10.9 Å². The van der Waals surface area contributed by atoms with Gasteiger partial charge in [0.25, 0.3) is 5.91 Å². The molecule has 1 aliphatic rings. The number of para-hydroxylation sites is 1. The number of rotatable bonds is 6. The third kappa shape index (κ3) is 5.01. The molecule has 1 aromatic heterocycles. The topological polar surface area (TPSA) is 57.3 Å². The van der Waals surface area contributed by atoms with E-state index in [0.29, 0.717) is 29.6 Å². The Kier molecular flexibility index (Phi) is 6.58. The second kappa shape index (κ2) is 9.55. The fourth-order valence-electron chi connectivity index (χ4n) is 4.45. The second-order valence-electron chi connectivity index (χ2n) is 8.97. The van der Waals surface area contributed by atoms with Gasteiger partial charge in [0.2, 0.25) is 0 Å². The Labute approximate surface area is 189 Å². The van der Waals surface area contributed by atoms with Crippen LogP contribution in [0, 0.1) is 18.7 Å². The summed E-state index contributed by atoms with van der Waals surface area (Å²) in [5, 5.41) is 7.80. The molecule has 2 aromatic carbocycles. The van der Waals surface area contributed by atoms with E-state index in [1.807, 2.05) is 12.1 Å². The highest BCUT2D eigenvalue weighted by molar-refractivity contribution is 5.94. The monoisotopic (exact) mass is 434 g/mol. The van der Waals surface area contributed by atoms with Crippen molar-refractivity contribution in [3.8, 4) is 0 Å². The zero-order valence-corrected chi connectivity index (χ0v) is 19.0. The molecule has 1 saturated carbocycles. The lowest BCUT2D eigenvalue weighted by Gasteiger charge is -2.30. The molecule has 0 radical (unpaired) electrons. The lowest BCUT2D eigenvalue weighted by atomic mass is 9.86. The molecule has 0 saturated heterocycles. The molecule has 32 heavy (non-hydrogen) atoms. The van der Waals surface area contributed by atoms with Crippen LogP contribution in [0.2, 0.25) is 0 Å². The molecule has 0 aliphatic heterocycles. The lowest BCUT2D eigenvalue weighted by molar-refractivity contribution is 0.0943. The maximum absolute atomic E-state index is 13.4. The van der Waals surface area contributed by atoms with Gasteiger partial charge in [-0.05, 0) is 68.4 Å². The van der Waals surface area contributed by atoms with Gasteiger partial charge in [-0.15, -0.1) is 0 Å². The third-order valence-corrected chi connectivity index (χ3v) is 6.35. The van der Waals surface area contributed by atoms with Gasteiger partial charge in [0, 0.05) is 49.4 Å². The molecule has 1 heterocycles. The van der Waals surface area contributed by atoms with Gasteiger partial charge in [0.1, 0.15) is 11.6 Å². The van der Waals surface area contributed by atoms with Gasteiger partial charge < -0.3 is 15.5 Å². The average molecular weight is 435 g/mol. The Morgan fingerprint density at radius 3 is 2.56 bits per heavy atom. The Morgan fingerprint density at radius 2 is 1.84 bits per heavy atom. The summed E-state index contributed by atoms with van der Waals surface area (Å²) < 4.78 is 13.4. The number of fused-ring (bicyclic) bond motifs is 1. The number of halogens is 1. The summed E-state index contributed by atoms with van der Waals surface area (Å²) >= 11 is 0. The first-order valence-corrected chi connectivity index (χ1v) is 11.3. The molecular formula is C26H31FN4O. The van der Waals surface area contributed by atoms with Gasteiger partial charge in [0.15, 0.2) is 0 Å². The van der Waals surface area contributed by atoms with Gasteiger partial charge in [-0.25, -0.2) is 9.37 Å². The summed E-state index contributed by atoms with van der Waals surface area (Å²) in [5.74, 6) is 0.951. The van der Waals surface area contributed by atoms with Crippen LogP contribution in [0.1, 0.15) is 41.6 Å². The number of anilines is 2. The van der Waals surface area contributed by atoms with Crippen LogP contribution in [-0.2, 0) is 0 Å². The average Bonchev–Trinajstić information content (AvgIpc) is 2.79. The second-order valence-corrected chi connectivity index (χ2v) is 8.97. The SMILES string of the molecule is Cc1cc(C(=O)NCC2CCC(Nc3cc(N(C)C)c4ccccc4n3)CC2)ccc1F. The van der Waals surface area contributed by atoms with E-state index >= 15 is 0 Å². The lowest BCUT2D eigenvalue weighted by Crippen LogP contribution is -2.34. The summed E-state index contributed by atoms with van der Waals surface area (Å²) in [6, 6.07) is 15.2. The highest BCUT2D eigenvalue weighted by atomic mass is 19.1. The summed E-state index contributed by atoms with van der Waals surface area (Å²) in [7, 11) is 4.11. The Hall–Kier alpha value is -3.15. The summed E-state index contributed by atoms with van der Waals surface area (Å²) in [6.07, 6.45) is 4.19. The molecule has 168 valence electrons. The van der Waals surface area contributed by atoms with E-state index < -0.39 is 0 Å². The van der Waals surface area contributed by atoms with Gasteiger partial charge >= 0.3 is 0 Å². The maximum atomic E-state index is 13.4. The number of carbonyl (C=O) groups excluding carboxylic acids is 1. The van der Waals surface area contributed by atoms with E-state index in [1.165, 1.54) is 12.1 Å². The first-order chi connectivity index (χ1) is 15.4. The Bertz CT molecular complexity index is 1110. The van der Waals surface area contributed by atoms with Crippen LogP contribution in [0.3, 0.4) is 0 Å².